The summed E-state index contributed by atoms with van der Waals surface area (Å²) in [5.74, 6) is -0.0438. The Morgan fingerprint density at radius 3 is 2.91 bits per heavy atom. The number of rotatable bonds is 4. The summed E-state index contributed by atoms with van der Waals surface area (Å²) in [6, 6.07) is 13.4. The van der Waals surface area contributed by atoms with Gasteiger partial charge >= 0.3 is 0 Å². The van der Waals surface area contributed by atoms with E-state index in [4.69, 9.17) is 11.6 Å². The van der Waals surface area contributed by atoms with Gasteiger partial charge in [-0.15, -0.1) is 0 Å². The van der Waals surface area contributed by atoms with Crippen LogP contribution in [0.15, 0.2) is 48.8 Å². The highest BCUT2D eigenvalue weighted by molar-refractivity contribution is 6.31. The van der Waals surface area contributed by atoms with Crippen molar-refractivity contribution in [3.05, 3.63) is 59.4 Å². The molecule has 4 nitrogen and oxygen atoms in total. The topological polar surface area (TPSA) is 46.9 Å². The maximum absolute atomic E-state index is 12.1. The number of aromatic nitrogens is 2. The van der Waals surface area contributed by atoms with E-state index in [-0.39, 0.29) is 5.91 Å². The smallest absolute Gasteiger partial charge is 0.226 e. The lowest BCUT2D eigenvalue weighted by Crippen LogP contribution is -2.14. The van der Waals surface area contributed by atoms with Gasteiger partial charge in [0.05, 0.1) is 17.4 Å². The van der Waals surface area contributed by atoms with Gasteiger partial charge < -0.3 is 9.88 Å². The Morgan fingerprint density at radius 2 is 2.09 bits per heavy atom. The van der Waals surface area contributed by atoms with E-state index in [0.717, 1.165) is 22.3 Å². The number of carbonyl (C=O) groups is 1. The Bertz CT molecular complexity index is 826. The Labute approximate surface area is 133 Å². The third-order valence-corrected chi connectivity index (χ3v) is 3.97. The standard InChI is InChI=1S/C17H16ClN3O/c1-12-6-7-13(10-14(12)18)20-17(22)8-9-21-11-19-15-4-2-3-5-16(15)21/h2-7,10-11H,8-9H2,1H3,(H,20,22). The minimum absolute atomic E-state index is 0.0438. The maximum Gasteiger partial charge on any atom is 0.226 e. The van der Waals surface area contributed by atoms with Gasteiger partial charge in [-0.1, -0.05) is 29.8 Å². The quantitative estimate of drug-likeness (QED) is 0.790. The molecule has 22 heavy (non-hydrogen) atoms. The highest BCUT2D eigenvalue weighted by Gasteiger charge is 2.06. The number of para-hydroxylation sites is 2. The number of imidazole rings is 1. The normalized spacial score (nSPS) is 10.8. The van der Waals surface area contributed by atoms with Crippen LogP contribution < -0.4 is 5.32 Å². The zero-order chi connectivity index (χ0) is 15.5. The first-order valence-electron chi connectivity index (χ1n) is 7.09. The Hall–Kier alpha value is -2.33. The molecule has 0 spiro atoms. The van der Waals surface area contributed by atoms with E-state index in [0.29, 0.717) is 18.0 Å². The van der Waals surface area contributed by atoms with Gasteiger partial charge in [-0.2, -0.15) is 0 Å². The predicted octanol–water partition coefficient (Wildman–Crippen LogP) is 4.03. The summed E-state index contributed by atoms with van der Waals surface area (Å²) in [6.45, 7) is 2.52. The lowest BCUT2D eigenvalue weighted by atomic mass is 10.2. The fourth-order valence-electron chi connectivity index (χ4n) is 2.30. The first-order valence-corrected chi connectivity index (χ1v) is 7.47. The van der Waals surface area contributed by atoms with E-state index in [9.17, 15) is 4.79 Å². The number of carbonyl (C=O) groups excluding carboxylic acids is 1. The van der Waals surface area contributed by atoms with E-state index in [1.54, 1.807) is 12.4 Å². The van der Waals surface area contributed by atoms with Gasteiger partial charge in [0.1, 0.15) is 0 Å². The van der Waals surface area contributed by atoms with Gasteiger partial charge in [-0.3, -0.25) is 4.79 Å². The summed E-state index contributed by atoms with van der Waals surface area (Å²) in [5, 5.41) is 3.51. The summed E-state index contributed by atoms with van der Waals surface area (Å²) in [7, 11) is 0. The molecule has 0 fully saturated rings. The van der Waals surface area contributed by atoms with Crippen molar-refractivity contribution < 1.29 is 4.79 Å². The molecule has 0 radical (unpaired) electrons. The molecule has 112 valence electrons. The Kier molecular flexibility index (Phi) is 4.11. The molecule has 5 heteroatoms. The Morgan fingerprint density at radius 1 is 1.27 bits per heavy atom. The molecule has 0 aliphatic rings. The average Bonchev–Trinajstić information content (AvgIpc) is 2.92. The summed E-state index contributed by atoms with van der Waals surface area (Å²) in [4.78, 5) is 16.4. The minimum atomic E-state index is -0.0438. The SMILES string of the molecule is Cc1ccc(NC(=O)CCn2cnc3ccccc32)cc1Cl. The van der Waals surface area contributed by atoms with Gasteiger partial charge in [-0.05, 0) is 36.8 Å². The van der Waals surface area contributed by atoms with Crippen molar-refractivity contribution in [2.45, 2.75) is 19.9 Å². The zero-order valence-electron chi connectivity index (χ0n) is 12.2. The largest absolute Gasteiger partial charge is 0.330 e. The third kappa shape index (κ3) is 3.12. The maximum atomic E-state index is 12.1. The number of nitrogens with zero attached hydrogens (tertiary/aromatic N) is 2. The number of hydrogen-bond donors (Lipinski definition) is 1. The third-order valence-electron chi connectivity index (χ3n) is 3.56. The number of amides is 1. The van der Waals surface area contributed by atoms with E-state index >= 15 is 0 Å². The molecular weight excluding hydrogens is 298 g/mol. The van der Waals surface area contributed by atoms with Crippen LogP contribution in [0.2, 0.25) is 5.02 Å². The first-order chi connectivity index (χ1) is 10.6. The van der Waals surface area contributed by atoms with Crippen LogP contribution in [0.4, 0.5) is 5.69 Å². The number of benzene rings is 2. The molecule has 3 rings (SSSR count). The second-order valence-corrected chi connectivity index (χ2v) is 5.60. The van der Waals surface area contributed by atoms with Crippen molar-refractivity contribution in [3.63, 3.8) is 0 Å². The molecule has 1 aromatic heterocycles. The van der Waals surface area contributed by atoms with Crippen LogP contribution in [0.3, 0.4) is 0 Å². The van der Waals surface area contributed by atoms with Gasteiger partial charge in [0, 0.05) is 23.7 Å². The van der Waals surface area contributed by atoms with E-state index in [1.807, 2.05) is 47.9 Å². The van der Waals surface area contributed by atoms with Crippen molar-refractivity contribution in [1.82, 2.24) is 9.55 Å². The zero-order valence-corrected chi connectivity index (χ0v) is 13.0. The molecule has 1 heterocycles. The van der Waals surface area contributed by atoms with Crippen molar-refractivity contribution in [3.8, 4) is 0 Å². The molecule has 0 unspecified atom stereocenters. The monoisotopic (exact) mass is 313 g/mol. The lowest BCUT2D eigenvalue weighted by Gasteiger charge is -2.08. The molecule has 1 N–H and O–H groups in total. The fourth-order valence-corrected chi connectivity index (χ4v) is 2.49. The van der Waals surface area contributed by atoms with Gasteiger partial charge in [-0.25, -0.2) is 4.98 Å². The van der Waals surface area contributed by atoms with Crippen LogP contribution in [0, 0.1) is 6.92 Å². The average molecular weight is 314 g/mol. The van der Waals surface area contributed by atoms with Gasteiger partial charge in [0.15, 0.2) is 0 Å². The summed E-state index contributed by atoms with van der Waals surface area (Å²) >= 11 is 6.06. The fraction of sp³-hybridized carbons (Fsp3) is 0.176. The van der Waals surface area contributed by atoms with Gasteiger partial charge in [0.25, 0.3) is 0 Å². The van der Waals surface area contributed by atoms with Crippen molar-refractivity contribution in [2.75, 3.05) is 5.32 Å². The number of halogens is 1. The highest BCUT2D eigenvalue weighted by atomic mass is 35.5. The number of fused-ring (bicyclic) bond motifs is 1. The summed E-state index contributed by atoms with van der Waals surface area (Å²) in [6.07, 6.45) is 2.15. The van der Waals surface area contributed by atoms with Crippen LogP contribution in [0.5, 0.6) is 0 Å². The van der Waals surface area contributed by atoms with Crippen molar-refractivity contribution in [2.24, 2.45) is 0 Å². The summed E-state index contributed by atoms with van der Waals surface area (Å²) < 4.78 is 1.98. The molecule has 0 saturated heterocycles. The van der Waals surface area contributed by atoms with Crippen LogP contribution in [-0.4, -0.2) is 15.5 Å². The van der Waals surface area contributed by atoms with Crippen LogP contribution >= 0.6 is 11.6 Å². The number of anilines is 1. The number of nitrogens with one attached hydrogen (secondary N) is 1. The van der Waals surface area contributed by atoms with Crippen LogP contribution in [0.25, 0.3) is 11.0 Å². The molecule has 2 aromatic carbocycles. The lowest BCUT2D eigenvalue weighted by molar-refractivity contribution is -0.116. The molecule has 0 atom stereocenters. The molecular formula is C17H16ClN3O. The molecule has 0 aliphatic heterocycles. The van der Waals surface area contributed by atoms with Gasteiger partial charge in [0.2, 0.25) is 5.91 Å². The van der Waals surface area contributed by atoms with E-state index < -0.39 is 0 Å². The van der Waals surface area contributed by atoms with E-state index in [2.05, 4.69) is 10.3 Å². The highest BCUT2D eigenvalue weighted by Crippen LogP contribution is 2.20. The second-order valence-electron chi connectivity index (χ2n) is 5.19. The first kappa shape index (κ1) is 14.6. The number of hydrogen-bond acceptors (Lipinski definition) is 2. The Balaban J connectivity index is 1.63. The molecule has 1 amide bonds. The predicted molar refractivity (Wildman–Crippen MR) is 89.2 cm³/mol. The van der Waals surface area contributed by atoms with Crippen molar-refractivity contribution >= 4 is 34.2 Å². The second kappa shape index (κ2) is 6.20. The van der Waals surface area contributed by atoms with Crippen LogP contribution in [-0.2, 0) is 11.3 Å². The van der Waals surface area contributed by atoms with E-state index in [1.165, 1.54) is 0 Å². The number of aryl methyl sites for hydroxylation is 2. The molecule has 0 saturated carbocycles. The molecule has 3 aromatic rings. The van der Waals surface area contributed by atoms with Crippen molar-refractivity contribution in [1.29, 1.82) is 0 Å². The van der Waals surface area contributed by atoms with Crippen LogP contribution in [0.1, 0.15) is 12.0 Å². The minimum Gasteiger partial charge on any atom is -0.330 e. The summed E-state index contributed by atoms with van der Waals surface area (Å²) in [5.41, 5.74) is 3.68. The molecule has 0 bridgehead atoms. The molecule has 0 aliphatic carbocycles.